The van der Waals surface area contributed by atoms with Crippen molar-refractivity contribution in [3.8, 4) is 5.75 Å². The van der Waals surface area contributed by atoms with Gasteiger partial charge in [0.05, 0.1) is 12.8 Å². The van der Waals surface area contributed by atoms with Gasteiger partial charge >= 0.3 is 0 Å². The maximum absolute atomic E-state index is 9.46. The average Bonchev–Trinajstić information content (AvgIpc) is 2.50. The normalized spacial score (nSPS) is 22.3. The van der Waals surface area contributed by atoms with Crippen LogP contribution in [0.5, 0.6) is 5.75 Å². The summed E-state index contributed by atoms with van der Waals surface area (Å²) in [5.41, 5.74) is 3.24. The van der Waals surface area contributed by atoms with Crippen molar-refractivity contribution in [2.45, 2.75) is 46.1 Å². The fourth-order valence-electron chi connectivity index (χ4n) is 3.42. The van der Waals surface area contributed by atoms with Crippen molar-refractivity contribution in [2.24, 2.45) is 11.8 Å². The van der Waals surface area contributed by atoms with E-state index in [1.165, 1.54) is 25.7 Å². The molecule has 1 heterocycles. The van der Waals surface area contributed by atoms with Gasteiger partial charge in [0.15, 0.2) is 0 Å². The number of ether oxygens (including phenoxy) is 1. The maximum Gasteiger partial charge on any atom is 0.128 e. The number of aliphatic hydroxyl groups excluding tert-OH is 1. The van der Waals surface area contributed by atoms with Gasteiger partial charge in [0, 0.05) is 30.5 Å². The molecule has 1 aliphatic carbocycles. The minimum Gasteiger partial charge on any atom is -0.496 e. The third kappa shape index (κ3) is 3.95. The Bertz CT molecular complexity index is 462. The minimum absolute atomic E-state index is 0.321. The number of hydrogen-bond donors (Lipinski definition) is 2. The van der Waals surface area contributed by atoms with E-state index in [9.17, 15) is 5.11 Å². The van der Waals surface area contributed by atoms with Crippen LogP contribution in [-0.4, -0.2) is 30.4 Å². The number of rotatable bonds is 6. The molecule has 0 amide bonds. The first-order valence-electron chi connectivity index (χ1n) is 7.98. The van der Waals surface area contributed by atoms with Gasteiger partial charge in [-0.25, -0.2) is 0 Å². The van der Waals surface area contributed by atoms with Crippen LogP contribution in [-0.2, 0) is 6.54 Å². The van der Waals surface area contributed by atoms with Gasteiger partial charge in [-0.05, 0) is 45.1 Å². The van der Waals surface area contributed by atoms with Gasteiger partial charge in [-0.2, -0.15) is 0 Å². The largest absolute Gasteiger partial charge is 0.496 e. The van der Waals surface area contributed by atoms with Gasteiger partial charge in [0.25, 0.3) is 0 Å². The average molecular weight is 292 g/mol. The number of aromatic nitrogens is 1. The van der Waals surface area contributed by atoms with Gasteiger partial charge in [-0.3, -0.25) is 4.98 Å². The van der Waals surface area contributed by atoms with E-state index in [-0.39, 0.29) is 0 Å². The molecule has 2 unspecified atom stereocenters. The molecule has 21 heavy (non-hydrogen) atoms. The number of hydrogen-bond acceptors (Lipinski definition) is 4. The second-order valence-electron chi connectivity index (χ2n) is 6.16. The van der Waals surface area contributed by atoms with Gasteiger partial charge < -0.3 is 15.2 Å². The molecule has 118 valence electrons. The summed E-state index contributed by atoms with van der Waals surface area (Å²) >= 11 is 0. The lowest BCUT2D eigenvalue weighted by molar-refractivity contribution is 0.133. The van der Waals surface area contributed by atoms with Gasteiger partial charge in [0.1, 0.15) is 5.75 Å². The predicted molar refractivity (Wildman–Crippen MR) is 84.5 cm³/mol. The zero-order valence-corrected chi connectivity index (χ0v) is 13.5. The Balaban J connectivity index is 1.91. The molecule has 1 aromatic heterocycles. The number of nitrogens with zero attached hydrogens (tertiary/aromatic N) is 1. The molecule has 0 saturated heterocycles. The number of methoxy groups -OCH3 is 1. The molecule has 1 saturated carbocycles. The van der Waals surface area contributed by atoms with E-state index in [4.69, 9.17) is 4.74 Å². The lowest BCUT2D eigenvalue weighted by Gasteiger charge is -2.30. The third-order valence-corrected chi connectivity index (χ3v) is 4.75. The van der Waals surface area contributed by atoms with Crippen LogP contribution in [0.3, 0.4) is 0 Å². The standard InChI is InChI=1S/C17H28N2O2/c1-12-8-19-16(13(2)17(12)21-3)10-18-9-14-6-4-5-7-15(14)11-20/h8,14-15,18,20H,4-7,9-11H2,1-3H3. The first-order valence-corrected chi connectivity index (χ1v) is 7.98. The molecule has 0 spiro atoms. The Hall–Kier alpha value is -1.13. The molecular weight excluding hydrogens is 264 g/mol. The molecule has 2 rings (SSSR count). The zero-order chi connectivity index (χ0) is 15.2. The molecule has 1 aromatic rings. The highest BCUT2D eigenvalue weighted by atomic mass is 16.5. The molecule has 2 N–H and O–H groups in total. The van der Waals surface area contributed by atoms with Crippen molar-refractivity contribution in [3.63, 3.8) is 0 Å². The highest BCUT2D eigenvalue weighted by Crippen LogP contribution is 2.29. The van der Waals surface area contributed by atoms with Crippen molar-refractivity contribution < 1.29 is 9.84 Å². The van der Waals surface area contributed by atoms with E-state index in [0.29, 0.717) is 18.4 Å². The summed E-state index contributed by atoms with van der Waals surface area (Å²) in [4.78, 5) is 4.52. The van der Waals surface area contributed by atoms with E-state index in [1.807, 2.05) is 13.1 Å². The monoisotopic (exact) mass is 292 g/mol. The van der Waals surface area contributed by atoms with Crippen LogP contribution in [0.15, 0.2) is 6.20 Å². The number of pyridine rings is 1. The predicted octanol–water partition coefficient (Wildman–Crippen LogP) is 2.60. The second kappa shape index (κ2) is 7.76. The van der Waals surface area contributed by atoms with Gasteiger partial charge in [0.2, 0.25) is 0 Å². The summed E-state index contributed by atoms with van der Waals surface area (Å²) in [6.45, 7) is 6.12. The molecule has 1 aliphatic rings. The summed E-state index contributed by atoms with van der Waals surface area (Å²) in [5.74, 6) is 2.00. The van der Waals surface area contributed by atoms with E-state index in [1.54, 1.807) is 7.11 Å². The lowest BCUT2D eigenvalue weighted by atomic mass is 9.79. The molecule has 0 aromatic carbocycles. The Labute approximate surface area is 127 Å². The van der Waals surface area contributed by atoms with Crippen LogP contribution < -0.4 is 10.1 Å². The first-order chi connectivity index (χ1) is 10.2. The third-order valence-electron chi connectivity index (χ3n) is 4.75. The molecule has 0 bridgehead atoms. The van der Waals surface area contributed by atoms with Crippen molar-refractivity contribution >= 4 is 0 Å². The van der Waals surface area contributed by atoms with Gasteiger partial charge in [-0.15, -0.1) is 0 Å². The molecule has 2 atom stereocenters. The maximum atomic E-state index is 9.46. The van der Waals surface area contributed by atoms with Crippen LogP contribution in [0.25, 0.3) is 0 Å². The topological polar surface area (TPSA) is 54.4 Å². The lowest BCUT2D eigenvalue weighted by Crippen LogP contribution is -2.32. The molecule has 0 radical (unpaired) electrons. The smallest absolute Gasteiger partial charge is 0.128 e. The Morgan fingerprint density at radius 2 is 2.00 bits per heavy atom. The number of aliphatic hydroxyl groups is 1. The molecule has 0 aliphatic heterocycles. The van der Waals surface area contributed by atoms with Crippen molar-refractivity contribution in [1.82, 2.24) is 10.3 Å². The highest BCUT2D eigenvalue weighted by Gasteiger charge is 2.24. The van der Waals surface area contributed by atoms with Crippen LogP contribution in [0.2, 0.25) is 0 Å². The van der Waals surface area contributed by atoms with Crippen molar-refractivity contribution in [3.05, 3.63) is 23.0 Å². The Kier molecular flexibility index (Phi) is 6.00. The zero-order valence-electron chi connectivity index (χ0n) is 13.5. The summed E-state index contributed by atoms with van der Waals surface area (Å²) in [5, 5.41) is 13.0. The minimum atomic E-state index is 0.321. The summed E-state index contributed by atoms with van der Waals surface area (Å²) in [7, 11) is 1.71. The van der Waals surface area contributed by atoms with E-state index in [0.717, 1.165) is 35.7 Å². The first kappa shape index (κ1) is 16.2. The molecular formula is C17H28N2O2. The summed E-state index contributed by atoms with van der Waals surface area (Å²) in [6, 6.07) is 0. The Morgan fingerprint density at radius 1 is 1.29 bits per heavy atom. The molecule has 1 fully saturated rings. The summed E-state index contributed by atoms with van der Waals surface area (Å²) < 4.78 is 5.45. The Morgan fingerprint density at radius 3 is 2.67 bits per heavy atom. The SMILES string of the molecule is COc1c(C)cnc(CNCC2CCCCC2CO)c1C. The van der Waals surface area contributed by atoms with Crippen LogP contribution in [0.4, 0.5) is 0 Å². The van der Waals surface area contributed by atoms with Crippen LogP contribution in [0.1, 0.15) is 42.5 Å². The van der Waals surface area contributed by atoms with Crippen LogP contribution >= 0.6 is 0 Å². The second-order valence-corrected chi connectivity index (χ2v) is 6.16. The van der Waals surface area contributed by atoms with Crippen molar-refractivity contribution in [2.75, 3.05) is 20.3 Å². The molecule has 4 heteroatoms. The van der Waals surface area contributed by atoms with E-state index >= 15 is 0 Å². The van der Waals surface area contributed by atoms with E-state index in [2.05, 4.69) is 17.2 Å². The van der Waals surface area contributed by atoms with Gasteiger partial charge in [-0.1, -0.05) is 12.8 Å². The molecule has 4 nitrogen and oxygen atoms in total. The highest BCUT2D eigenvalue weighted by molar-refractivity contribution is 5.40. The van der Waals surface area contributed by atoms with Crippen molar-refractivity contribution in [1.29, 1.82) is 0 Å². The summed E-state index contributed by atoms with van der Waals surface area (Å²) in [6.07, 6.45) is 6.82. The number of aryl methyl sites for hydroxylation is 1. The fourth-order valence-corrected chi connectivity index (χ4v) is 3.42. The van der Waals surface area contributed by atoms with Crippen LogP contribution in [0, 0.1) is 25.7 Å². The van der Waals surface area contributed by atoms with E-state index < -0.39 is 0 Å². The number of nitrogens with one attached hydrogen (secondary N) is 1. The quantitative estimate of drug-likeness (QED) is 0.846. The fraction of sp³-hybridized carbons (Fsp3) is 0.706.